The van der Waals surface area contributed by atoms with Gasteiger partial charge in [0.1, 0.15) is 0 Å². The number of carbonyl (C=O) groups is 1. The lowest BCUT2D eigenvalue weighted by Gasteiger charge is -2.41. The number of nitro benzene ring substituents is 1. The minimum Gasteiger partial charge on any atom is -0.338 e. The Kier molecular flexibility index (Phi) is 4.09. The standard InChI is InChI=1S/C16H19FN2O3/c17-14-6-5-12(9-15(14)19(21)22)16(20)18-8-7-11-3-1-2-4-13(11)10-18/h5-6,9,11,13H,1-4,7-8,10H2/t11-,13-/m0/s1. The Morgan fingerprint density at radius 2 is 1.95 bits per heavy atom. The highest BCUT2D eigenvalue weighted by molar-refractivity contribution is 5.95. The third-order valence-corrected chi connectivity index (χ3v) is 4.97. The summed E-state index contributed by atoms with van der Waals surface area (Å²) >= 11 is 0. The molecule has 5 nitrogen and oxygen atoms in total. The molecule has 0 radical (unpaired) electrons. The van der Waals surface area contributed by atoms with Crippen LogP contribution < -0.4 is 0 Å². The molecule has 0 unspecified atom stereocenters. The van der Waals surface area contributed by atoms with Crippen molar-refractivity contribution in [2.75, 3.05) is 13.1 Å². The van der Waals surface area contributed by atoms with Crippen LogP contribution in [0.3, 0.4) is 0 Å². The maximum atomic E-state index is 13.4. The summed E-state index contributed by atoms with van der Waals surface area (Å²) in [4.78, 5) is 24.3. The monoisotopic (exact) mass is 306 g/mol. The zero-order chi connectivity index (χ0) is 15.7. The lowest BCUT2D eigenvalue weighted by atomic mass is 9.75. The summed E-state index contributed by atoms with van der Waals surface area (Å²) in [5.41, 5.74) is -0.444. The van der Waals surface area contributed by atoms with Crippen LogP contribution in [0, 0.1) is 27.8 Å². The van der Waals surface area contributed by atoms with Crippen molar-refractivity contribution in [3.05, 3.63) is 39.7 Å². The van der Waals surface area contributed by atoms with Crippen LogP contribution >= 0.6 is 0 Å². The van der Waals surface area contributed by atoms with Crippen LogP contribution in [0.15, 0.2) is 18.2 Å². The first-order valence-corrected chi connectivity index (χ1v) is 7.79. The van der Waals surface area contributed by atoms with E-state index in [9.17, 15) is 19.3 Å². The van der Waals surface area contributed by atoms with E-state index in [1.165, 1.54) is 25.3 Å². The SMILES string of the molecule is O=C(c1ccc(F)c([N+](=O)[O-])c1)N1CC[C@@H]2CCCC[C@H]2C1. The van der Waals surface area contributed by atoms with Crippen LogP contribution in [-0.4, -0.2) is 28.8 Å². The van der Waals surface area contributed by atoms with Crippen LogP contribution in [0.5, 0.6) is 0 Å². The molecule has 118 valence electrons. The van der Waals surface area contributed by atoms with Gasteiger partial charge in [-0.3, -0.25) is 14.9 Å². The maximum Gasteiger partial charge on any atom is 0.305 e. The number of hydrogen-bond donors (Lipinski definition) is 0. The normalized spacial score (nSPS) is 24.7. The highest BCUT2D eigenvalue weighted by Crippen LogP contribution is 2.36. The number of hydrogen-bond acceptors (Lipinski definition) is 3. The quantitative estimate of drug-likeness (QED) is 0.621. The van der Waals surface area contributed by atoms with Crippen LogP contribution in [0.25, 0.3) is 0 Å². The molecule has 2 fully saturated rings. The second-order valence-electron chi connectivity index (χ2n) is 6.27. The Morgan fingerprint density at radius 1 is 1.23 bits per heavy atom. The van der Waals surface area contributed by atoms with E-state index in [4.69, 9.17) is 0 Å². The number of rotatable bonds is 2. The summed E-state index contributed by atoms with van der Waals surface area (Å²) in [6, 6.07) is 3.38. The molecule has 2 aliphatic rings. The van der Waals surface area contributed by atoms with Gasteiger partial charge in [-0.1, -0.05) is 19.3 Å². The van der Waals surface area contributed by atoms with E-state index in [1.54, 1.807) is 4.90 Å². The molecule has 22 heavy (non-hydrogen) atoms. The molecule has 1 heterocycles. The fourth-order valence-electron chi connectivity index (χ4n) is 3.75. The second kappa shape index (κ2) is 6.02. The Hall–Kier alpha value is -1.98. The van der Waals surface area contributed by atoms with Crippen LogP contribution in [0.4, 0.5) is 10.1 Å². The Bertz CT molecular complexity index is 605. The number of nitro groups is 1. The third kappa shape index (κ3) is 2.82. The van der Waals surface area contributed by atoms with Crippen molar-refractivity contribution in [2.24, 2.45) is 11.8 Å². The molecule has 0 N–H and O–H groups in total. The fraction of sp³-hybridized carbons (Fsp3) is 0.562. The summed E-state index contributed by atoms with van der Waals surface area (Å²) in [5.74, 6) is 0.113. The molecule has 0 bridgehead atoms. The lowest BCUT2D eigenvalue weighted by molar-refractivity contribution is -0.387. The van der Waals surface area contributed by atoms with Crippen LogP contribution in [-0.2, 0) is 0 Å². The number of halogens is 1. The second-order valence-corrected chi connectivity index (χ2v) is 6.27. The minimum atomic E-state index is -0.910. The van der Waals surface area contributed by atoms with Crippen LogP contribution in [0.2, 0.25) is 0 Å². The van der Waals surface area contributed by atoms with Gasteiger partial charge in [-0.05, 0) is 36.8 Å². The van der Waals surface area contributed by atoms with Crippen molar-refractivity contribution in [1.29, 1.82) is 0 Å². The van der Waals surface area contributed by atoms with Crippen molar-refractivity contribution in [3.63, 3.8) is 0 Å². The van der Waals surface area contributed by atoms with E-state index in [1.807, 2.05) is 0 Å². The first-order chi connectivity index (χ1) is 10.6. The molecule has 2 atom stereocenters. The molecule has 1 saturated heterocycles. The van der Waals surface area contributed by atoms with Crippen molar-refractivity contribution in [3.8, 4) is 0 Å². The highest BCUT2D eigenvalue weighted by atomic mass is 19.1. The Labute approximate surface area is 128 Å². The van der Waals surface area contributed by atoms with Gasteiger partial charge in [0.15, 0.2) is 0 Å². The molecule has 1 aliphatic heterocycles. The van der Waals surface area contributed by atoms with Gasteiger partial charge in [-0.15, -0.1) is 0 Å². The van der Waals surface area contributed by atoms with Crippen molar-refractivity contribution >= 4 is 11.6 Å². The van der Waals surface area contributed by atoms with Crippen LogP contribution in [0.1, 0.15) is 42.5 Å². The van der Waals surface area contributed by atoms with E-state index in [-0.39, 0.29) is 11.5 Å². The average Bonchev–Trinajstić information content (AvgIpc) is 2.54. The number of amides is 1. The molecule has 1 amide bonds. The molecule has 6 heteroatoms. The molecular weight excluding hydrogens is 287 g/mol. The van der Waals surface area contributed by atoms with Gasteiger partial charge in [0.25, 0.3) is 5.91 Å². The third-order valence-electron chi connectivity index (χ3n) is 4.97. The predicted molar refractivity (Wildman–Crippen MR) is 79.0 cm³/mol. The summed E-state index contributed by atoms with van der Waals surface area (Å²) in [7, 11) is 0. The van der Waals surface area contributed by atoms with E-state index in [0.717, 1.165) is 25.0 Å². The van der Waals surface area contributed by atoms with Gasteiger partial charge in [-0.25, -0.2) is 0 Å². The summed E-state index contributed by atoms with van der Waals surface area (Å²) in [6.07, 6.45) is 5.89. The highest BCUT2D eigenvalue weighted by Gasteiger charge is 2.33. The number of piperidine rings is 1. The summed E-state index contributed by atoms with van der Waals surface area (Å²) in [6.45, 7) is 1.40. The number of fused-ring (bicyclic) bond motifs is 1. The van der Waals surface area contributed by atoms with E-state index in [2.05, 4.69) is 0 Å². The topological polar surface area (TPSA) is 63.4 Å². The molecule has 0 aromatic heterocycles. The Balaban J connectivity index is 1.76. The molecule has 0 spiro atoms. The average molecular weight is 306 g/mol. The zero-order valence-corrected chi connectivity index (χ0v) is 12.3. The van der Waals surface area contributed by atoms with Gasteiger partial charge in [0, 0.05) is 24.7 Å². The van der Waals surface area contributed by atoms with Gasteiger partial charge in [0.2, 0.25) is 5.82 Å². The number of benzene rings is 1. The molecule has 1 saturated carbocycles. The lowest BCUT2D eigenvalue weighted by Crippen LogP contribution is -2.44. The first kappa shape index (κ1) is 14.9. The molecule has 1 aromatic rings. The van der Waals surface area contributed by atoms with Crippen molar-refractivity contribution < 1.29 is 14.1 Å². The van der Waals surface area contributed by atoms with Gasteiger partial charge >= 0.3 is 5.69 Å². The van der Waals surface area contributed by atoms with E-state index in [0.29, 0.717) is 24.9 Å². The summed E-state index contributed by atoms with van der Waals surface area (Å²) < 4.78 is 13.4. The molecule has 1 aliphatic carbocycles. The van der Waals surface area contributed by atoms with Gasteiger partial charge in [-0.2, -0.15) is 4.39 Å². The zero-order valence-electron chi connectivity index (χ0n) is 12.3. The first-order valence-electron chi connectivity index (χ1n) is 7.79. The smallest absolute Gasteiger partial charge is 0.305 e. The van der Waals surface area contributed by atoms with Crippen molar-refractivity contribution in [1.82, 2.24) is 4.90 Å². The number of nitrogens with zero attached hydrogens (tertiary/aromatic N) is 2. The van der Waals surface area contributed by atoms with Gasteiger partial charge < -0.3 is 4.90 Å². The molecular formula is C16H19FN2O3. The van der Waals surface area contributed by atoms with Gasteiger partial charge in [0.05, 0.1) is 4.92 Å². The van der Waals surface area contributed by atoms with Crippen molar-refractivity contribution in [2.45, 2.75) is 32.1 Å². The number of carbonyl (C=O) groups excluding carboxylic acids is 1. The molecule has 3 rings (SSSR count). The predicted octanol–water partition coefficient (Wildman–Crippen LogP) is 3.39. The number of likely N-dealkylation sites (tertiary alicyclic amines) is 1. The molecule has 1 aromatic carbocycles. The Morgan fingerprint density at radius 3 is 2.68 bits per heavy atom. The van der Waals surface area contributed by atoms with E-state index >= 15 is 0 Å². The fourth-order valence-corrected chi connectivity index (χ4v) is 3.75. The minimum absolute atomic E-state index is 0.197. The van der Waals surface area contributed by atoms with E-state index < -0.39 is 16.4 Å². The summed E-state index contributed by atoms with van der Waals surface area (Å²) in [5, 5.41) is 10.8. The maximum absolute atomic E-state index is 13.4. The largest absolute Gasteiger partial charge is 0.338 e.